The highest BCUT2D eigenvalue weighted by atomic mass is 32.1. The molecule has 0 radical (unpaired) electrons. The van der Waals surface area contributed by atoms with Gasteiger partial charge in [0.1, 0.15) is 0 Å². The van der Waals surface area contributed by atoms with Crippen LogP contribution < -0.4 is 16.0 Å². The molecule has 3 rings (SSSR count). The van der Waals surface area contributed by atoms with Crippen LogP contribution in [0.4, 0.5) is 5.69 Å². The van der Waals surface area contributed by atoms with E-state index in [4.69, 9.17) is 5.73 Å². The summed E-state index contributed by atoms with van der Waals surface area (Å²) < 4.78 is 0. The molecule has 154 valence electrons. The van der Waals surface area contributed by atoms with E-state index in [1.165, 1.54) is 5.56 Å². The van der Waals surface area contributed by atoms with Gasteiger partial charge >= 0.3 is 0 Å². The molecule has 1 aromatic carbocycles. The van der Waals surface area contributed by atoms with Gasteiger partial charge in [-0.25, -0.2) is 0 Å². The van der Waals surface area contributed by atoms with Gasteiger partial charge in [-0.15, -0.1) is 11.3 Å². The van der Waals surface area contributed by atoms with E-state index in [9.17, 15) is 9.59 Å². The number of nitrogens with two attached hydrogens (primary N) is 1. The fourth-order valence-corrected chi connectivity index (χ4v) is 4.34. The molecule has 0 fully saturated rings. The highest BCUT2D eigenvalue weighted by Gasteiger charge is 2.23. The molecular weight excluding hydrogens is 382 g/mol. The Bertz CT molecular complexity index is 861. The van der Waals surface area contributed by atoms with Crippen molar-refractivity contribution < 1.29 is 9.59 Å². The summed E-state index contributed by atoms with van der Waals surface area (Å²) >= 11 is 1.60. The predicted molar refractivity (Wildman–Crippen MR) is 119 cm³/mol. The van der Waals surface area contributed by atoms with Gasteiger partial charge in [-0.2, -0.15) is 0 Å². The summed E-state index contributed by atoms with van der Waals surface area (Å²) in [7, 11) is 0. The van der Waals surface area contributed by atoms with Gasteiger partial charge in [0.25, 0.3) is 5.91 Å². The first-order valence-electron chi connectivity index (χ1n) is 10.1. The second-order valence-electron chi connectivity index (χ2n) is 7.86. The molecule has 5 nitrogen and oxygen atoms in total. The van der Waals surface area contributed by atoms with Crippen LogP contribution in [0.15, 0.2) is 53.9 Å². The van der Waals surface area contributed by atoms with Crippen molar-refractivity contribution in [3.63, 3.8) is 0 Å². The zero-order valence-electron chi connectivity index (χ0n) is 17.0. The van der Waals surface area contributed by atoms with E-state index in [-0.39, 0.29) is 17.9 Å². The molecule has 3 N–H and O–H groups in total. The highest BCUT2D eigenvalue weighted by Crippen LogP contribution is 2.27. The van der Waals surface area contributed by atoms with Crippen LogP contribution in [-0.4, -0.2) is 30.4 Å². The second-order valence-corrected chi connectivity index (χ2v) is 8.89. The number of thiophene rings is 1. The molecular formula is C23H29N3O2S. The number of anilines is 1. The van der Waals surface area contributed by atoms with Gasteiger partial charge < -0.3 is 16.0 Å². The van der Waals surface area contributed by atoms with Gasteiger partial charge in [-0.05, 0) is 41.8 Å². The van der Waals surface area contributed by atoms with Crippen molar-refractivity contribution in [2.24, 2.45) is 11.7 Å². The van der Waals surface area contributed by atoms with Crippen LogP contribution in [0, 0.1) is 5.92 Å². The minimum absolute atomic E-state index is 0.0548. The topological polar surface area (TPSA) is 75.4 Å². The normalized spacial score (nSPS) is 15.5. The zero-order chi connectivity index (χ0) is 20.8. The first kappa shape index (κ1) is 21.3. The third-order valence-corrected chi connectivity index (χ3v) is 5.91. The summed E-state index contributed by atoms with van der Waals surface area (Å²) in [4.78, 5) is 28.2. The summed E-state index contributed by atoms with van der Waals surface area (Å²) in [6, 6.07) is 11.1. The molecule has 0 spiro atoms. The number of benzene rings is 1. The Morgan fingerprint density at radius 1 is 1.24 bits per heavy atom. The van der Waals surface area contributed by atoms with E-state index >= 15 is 0 Å². The summed E-state index contributed by atoms with van der Waals surface area (Å²) in [6.45, 7) is 4.88. The molecule has 29 heavy (non-hydrogen) atoms. The summed E-state index contributed by atoms with van der Waals surface area (Å²) in [5.74, 6) is 0.134. The first-order chi connectivity index (χ1) is 13.9. The van der Waals surface area contributed by atoms with Crippen molar-refractivity contribution in [3.05, 3.63) is 64.4 Å². The van der Waals surface area contributed by atoms with Gasteiger partial charge in [0.15, 0.2) is 0 Å². The predicted octanol–water partition coefficient (Wildman–Crippen LogP) is 3.29. The minimum Gasteiger partial charge on any atom is -0.349 e. The number of fused-ring (bicyclic) bond motifs is 1. The lowest BCUT2D eigenvalue weighted by Gasteiger charge is -2.20. The van der Waals surface area contributed by atoms with E-state index in [0.29, 0.717) is 18.9 Å². The zero-order valence-corrected chi connectivity index (χ0v) is 17.8. The van der Waals surface area contributed by atoms with Gasteiger partial charge in [0.05, 0.1) is 6.04 Å². The number of nitrogens with one attached hydrogen (secondary N) is 1. The minimum atomic E-state index is -0.599. The maximum absolute atomic E-state index is 12.7. The average Bonchev–Trinajstić information content (AvgIpc) is 3.35. The molecule has 2 atom stereocenters. The van der Waals surface area contributed by atoms with Crippen molar-refractivity contribution >= 4 is 28.8 Å². The monoisotopic (exact) mass is 411 g/mol. The van der Waals surface area contributed by atoms with E-state index < -0.39 is 6.04 Å². The van der Waals surface area contributed by atoms with Gasteiger partial charge in [-0.3, -0.25) is 9.59 Å². The lowest BCUT2D eigenvalue weighted by Crippen LogP contribution is -2.46. The lowest BCUT2D eigenvalue weighted by molar-refractivity contribution is -0.123. The SMILES string of the molecule is CC(C)C[C@@H](C=CC(=O)N1CCc2ccccc21)NC(=O)[C@@H](N)Cc1cccs1. The van der Waals surface area contributed by atoms with Crippen LogP contribution >= 0.6 is 11.3 Å². The smallest absolute Gasteiger partial charge is 0.250 e. The largest absolute Gasteiger partial charge is 0.349 e. The van der Waals surface area contributed by atoms with Crippen LogP contribution in [0.1, 0.15) is 30.7 Å². The fraction of sp³-hybridized carbons (Fsp3) is 0.391. The third-order valence-electron chi connectivity index (χ3n) is 5.02. The fourth-order valence-electron chi connectivity index (χ4n) is 3.58. The molecule has 6 heteroatoms. The lowest BCUT2D eigenvalue weighted by atomic mass is 10.0. The molecule has 1 aliphatic rings. The molecule has 0 saturated heterocycles. The number of rotatable bonds is 8. The van der Waals surface area contributed by atoms with E-state index in [2.05, 4.69) is 25.2 Å². The number of hydrogen-bond donors (Lipinski definition) is 2. The van der Waals surface area contributed by atoms with Crippen LogP contribution in [0.25, 0.3) is 0 Å². The average molecular weight is 412 g/mol. The molecule has 2 aromatic rings. The van der Waals surface area contributed by atoms with E-state index in [0.717, 1.165) is 23.4 Å². The van der Waals surface area contributed by atoms with Gasteiger partial charge in [0.2, 0.25) is 5.91 Å². The second kappa shape index (κ2) is 9.85. The Kier molecular flexibility index (Phi) is 7.23. The van der Waals surface area contributed by atoms with Crippen LogP contribution in [0.5, 0.6) is 0 Å². The molecule has 2 heterocycles. The maximum Gasteiger partial charge on any atom is 0.250 e. The molecule has 0 unspecified atom stereocenters. The quantitative estimate of drug-likeness (QED) is 0.655. The van der Waals surface area contributed by atoms with Crippen molar-refractivity contribution in [3.8, 4) is 0 Å². The molecule has 0 aliphatic carbocycles. The third kappa shape index (κ3) is 5.78. The van der Waals surface area contributed by atoms with Crippen molar-refractivity contribution in [2.45, 2.75) is 45.2 Å². The molecule has 0 bridgehead atoms. The van der Waals surface area contributed by atoms with Gasteiger partial charge in [0, 0.05) is 35.6 Å². The molecule has 1 aliphatic heterocycles. The van der Waals surface area contributed by atoms with Crippen molar-refractivity contribution in [1.29, 1.82) is 0 Å². The Balaban J connectivity index is 1.62. The first-order valence-corrected chi connectivity index (χ1v) is 11.0. The van der Waals surface area contributed by atoms with Crippen molar-refractivity contribution in [1.82, 2.24) is 5.32 Å². The summed E-state index contributed by atoms with van der Waals surface area (Å²) in [5, 5.41) is 4.99. The van der Waals surface area contributed by atoms with E-state index in [1.807, 2.05) is 35.7 Å². The number of amides is 2. The summed E-state index contributed by atoms with van der Waals surface area (Å²) in [6.07, 6.45) is 5.53. The Labute approximate surface area is 176 Å². The Hall–Kier alpha value is -2.44. The van der Waals surface area contributed by atoms with Crippen LogP contribution in [0.2, 0.25) is 0 Å². The molecule has 1 aromatic heterocycles. The number of nitrogens with zero attached hydrogens (tertiary/aromatic N) is 1. The highest BCUT2D eigenvalue weighted by molar-refractivity contribution is 7.09. The number of carbonyl (C=O) groups is 2. The number of para-hydroxylation sites is 1. The van der Waals surface area contributed by atoms with Crippen LogP contribution in [-0.2, 0) is 22.4 Å². The molecule has 0 saturated carbocycles. The maximum atomic E-state index is 12.7. The Morgan fingerprint density at radius 2 is 2.03 bits per heavy atom. The van der Waals surface area contributed by atoms with E-state index in [1.54, 1.807) is 28.4 Å². The van der Waals surface area contributed by atoms with Crippen molar-refractivity contribution in [2.75, 3.05) is 11.4 Å². The number of hydrogen-bond acceptors (Lipinski definition) is 4. The molecule has 2 amide bonds. The number of carbonyl (C=O) groups excluding carboxylic acids is 2. The standard InChI is InChI=1S/C23H29N3O2S/c1-16(2)14-18(25-23(28)20(24)15-19-7-5-13-29-19)9-10-22(27)26-12-11-17-6-3-4-8-21(17)26/h3-10,13,16,18,20H,11-12,14-15,24H2,1-2H3,(H,25,28)/t18-,20+/m1/s1. The van der Waals surface area contributed by atoms with Crippen LogP contribution in [0.3, 0.4) is 0 Å². The Morgan fingerprint density at radius 3 is 2.76 bits per heavy atom. The summed E-state index contributed by atoms with van der Waals surface area (Å²) in [5.41, 5.74) is 8.26. The van der Waals surface area contributed by atoms with Gasteiger partial charge in [-0.1, -0.05) is 44.2 Å².